The maximum Gasteiger partial charge on any atom is 0.325 e. The van der Waals surface area contributed by atoms with Crippen molar-refractivity contribution in [3.05, 3.63) is 48.0 Å². The second-order valence-electron chi connectivity index (χ2n) is 8.32. The molecule has 0 bridgehead atoms. The number of fused-ring (bicyclic) bond motifs is 1. The van der Waals surface area contributed by atoms with E-state index in [0.717, 1.165) is 28.5 Å². The van der Waals surface area contributed by atoms with E-state index in [1.54, 1.807) is 6.92 Å². The number of carbonyl (C=O) groups excluding carboxylic acids is 3. The summed E-state index contributed by atoms with van der Waals surface area (Å²) in [5, 5.41) is 7.74. The lowest BCUT2D eigenvalue weighted by atomic mass is 9.89. The van der Waals surface area contributed by atoms with Gasteiger partial charge in [0, 0.05) is 6.54 Å². The van der Waals surface area contributed by atoms with Crippen LogP contribution in [0.3, 0.4) is 0 Å². The second kappa shape index (κ2) is 7.85. The van der Waals surface area contributed by atoms with Crippen LogP contribution >= 0.6 is 0 Å². The summed E-state index contributed by atoms with van der Waals surface area (Å²) in [6.45, 7) is 2.06. The third kappa shape index (κ3) is 3.84. The minimum atomic E-state index is -1.18. The maximum absolute atomic E-state index is 13.1. The number of benzene rings is 2. The molecule has 1 unspecified atom stereocenters. The van der Waals surface area contributed by atoms with Gasteiger partial charge >= 0.3 is 6.03 Å². The zero-order valence-corrected chi connectivity index (χ0v) is 16.7. The lowest BCUT2D eigenvalue weighted by Gasteiger charge is -2.23. The number of hydrogen-bond acceptors (Lipinski definition) is 3. The van der Waals surface area contributed by atoms with Gasteiger partial charge in [-0.1, -0.05) is 55.7 Å². The standard InChI is InChI=1S/C23H27N3O3/c1-23(19-12-11-17-9-5-6-10-18(17)13-19)21(28)26(22(29)25-23)15-20(27)24-14-16-7-3-2-4-8-16/h5-6,9-13,16H,2-4,7-8,14-15H2,1H3,(H,24,27)(H,25,29). The zero-order chi connectivity index (χ0) is 20.4. The van der Waals surface area contributed by atoms with Crippen molar-refractivity contribution in [1.82, 2.24) is 15.5 Å². The van der Waals surface area contributed by atoms with Crippen LogP contribution in [-0.4, -0.2) is 35.8 Å². The highest BCUT2D eigenvalue weighted by Gasteiger charge is 2.49. The van der Waals surface area contributed by atoms with E-state index >= 15 is 0 Å². The number of carbonyl (C=O) groups is 3. The molecule has 0 spiro atoms. The summed E-state index contributed by atoms with van der Waals surface area (Å²) >= 11 is 0. The normalized spacial score (nSPS) is 22.7. The van der Waals surface area contributed by atoms with E-state index in [4.69, 9.17) is 0 Å². The highest BCUT2D eigenvalue weighted by molar-refractivity contribution is 6.09. The van der Waals surface area contributed by atoms with Crippen molar-refractivity contribution in [2.75, 3.05) is 13.1 Å². The summed E-state index contributed by atoms with van der Waals surface area (Å²) in [6, 6.07) is 13.0. The van der Waals surface area contributed by atoms with Crippen LogP contribution in [0.1, 0.15) is 44.6 Å². The first-order chi connectivity index (χ1) is 14.0. The Balaban J connectivity index is 1.45. The molecule has 2 aromatic rings. The molecule has 2 aliphatic rings. The van der Waals surface area contributed by atoms with Gasteiger partial charge < -0.3 is 10.6 Å². The molecule has 152 valence electrons. The third-order valence-electron chi connectivity index (χ3n) is 6.22. The Morgan fingerprint density at radius 1 is 1.10 bits per heavy atom. The highest BCUT2D eigenvalue weighted by atomic mass is 16.2. The molecule has 2 aromatic carbocycles. The zero-order valence-electron chi connectivity index (χ0n) is 16.7. The fraction of sp³-hybridized carbons (Fsp3) is 0.435. The van der Waals surface area contributed by atoms with Crippen molar-refractivity contribution >= 4 is 28.6 Å². The number of nitrogens with zero attached hydrogens (tertiary/aromatic N) is 1. The molecule has 1 aliphatic heterocycles. The Morgan fingerprint density at radius 2 is 1.83 bits per heavy atom. The van der Waals surface area contributed by atoms with E-state index in [9.17, 15) is 14.4 Å². The van der Waals surface area contributed by atoms with Gasteiger partial charge in [0.15, 0.2) is 0 Å². The Hall–Kier alpha value is -2.89. The minimum absolute atomic E-state index is 0.249. The topological polar surface area (TPSA) is 78.5 Å². The van der Waals surface area contributed by atoms with Gasteiger partial charge in [-0.15, -0.1) is 0 Å². The molecule has 2 fully saturated rings. The van der Waals surface area contributed by atoms with E-state index in [2.05, 4.69) is 10.6 Å². The van der Waals surface area contributed by atoms with Gasteiger partial charge in [0.25, 0.3) is 5.91 Å². The molecule has 1 saturated heterocycles. The summed E-state index contributed by atoms with van der Waals surface area (Å²) in [4.78, 5) is 39.0. The lowest BCUT2D eigenvalue weighted by Crippen LogP contribution is -2.44. The maximum atomic E-state index is 13.1. The molecule has 1 aliphatic carbocycles. The first-order valence-corrected chi connectivity index (χ1v) is 10.4. The first kappa shape index (κ1) is 19.4. The Bertz CT molecular complexity index is 951. The van der Waals surface area contributed by atoms with Crippen molar-refractivity contribution < 1.29 is 14.4 Å². The smallest absolute Gasteiger partial charge is 0.325 e. The van der Waals surface area contributed by atoms with Gasteiger partial charge in [-0.2, -0.15) is 0 Å². The predicted octanol–water partition coefficient (Wildman–Crippen LogP) is 3.30. The number of imide groups is 1. The summed E-state index contributed by atoms with van der Waals surface area (Å²) in [5.41, 5.74) is -0.468. The molecular weight excluding hydrogens is 366 g/mol. The number of nitrogens with one attached hydrogen (secondary N) is 2. The molecule has 1 saturated carbocycles. The van der Waals surface area contributed by atoms with Crippen LogP contribution in [0.15, 0.2) is 42.5 Å². The van der Waals surface area contributed by atoms with E-state index in [1.807, 2.05) is 42.5 Å². The second-order valence-corrected chi connectivity index (χ2v) is 8.32. The minimum Gasteiger partial charge on any atom is -0.354 e. The molecule has 1 atom stereocenters. The van der Waals surface area contributed by atoms with Gasteiger partial charge in [-0.3, -0.25) is 14.5 Å². The average molecular weight is 393 g/mol. The summed E-state index contributed by atoms with van der Waals surface area (Å²) < 4.78 is 0. The quantitative estimate of drug-likeness (QED) is 0.765. The fourth-order valence-corrected chi connectivity index (χ4v) is 4.39. The van der Waals surface area contributed by atoms with Gasteiger partial charge in [0.05, 0.1) is 0 Å². The van der Waals surface area contributed by atoms with E-state index < -0.39 is 17.5 Å². The van der Waals surface area contributed by atoms with Crippen LogP contribution < -0.4 is 10.6 Å². The molecule has 6 heteroatoms. The van der Waals surface area contributed by atoms with Crippen LogP contribution in [0, 0.1) is 5.92 Å². The Morgan fingerprint density at radius 3 is 2.59 bits per heavy atom. The summed E-state index contributed by atoms with van der Waals surface area (Å²) in [7, 11) is 0. The predicted molar refractivity (Wildman–Crippen MR) is 111 cm³/mol. The number of amides is 4. The number of urea groups is 1. The van der Waals surface area contributed by atoms with Crippen LogP contribution in [0.25, 0.3) is 10.8 Å². The van der Waals surface area contributed by atoms with Gasteiger partial charge in [0.1, 0.15) is 12.1 Å². The molecule has 2 N–H and O–H groups in total. The van der Waals surface area contributed by atoms with Crippen molar-refractivity contribution in [2.45, 2.75) is 44.6 Å². The number of rotatable bonds is 5. The molecule has 4 amide bonds. The molecule has 0 aromatic heterocycles. The van der Waals surface area contributed by atoms with Gasteiger partial charge in [0.2, 0.25) is 5.91 Å². The lowest BCUT2D eigenvalue weighted by molar-refractivity contribution is -0.134. The summed E-state index contributed by atoms with van der Waals surface area (Å²) in [5.74, 6) is -0.189. The third-order valence-corrected chi connectivity index (χ3v) is 6.22. The average Bonchev–Trinajstić information content (AvgIpc) is 2.96. The molecule has 29 heavy (non-hydrogen) atoms. The Kier molecular flexibility index (Phi) is 5.26. The molecule has 0 radical (unpaired) electrons. The van der Waals surface area contributed by atoms with Gasteiger partial charge in [-0.25, -0.2) is 4.79 Å². The van der Waals surface area contributed by atoms with Crippen LogP contribution in [-0.2, 0) is 15.1 Å². The number of hydrogen-bond donors (Lipinski definition) is 2. The molecule has 4 rings (SSSR count). The van der Waals surface area contributed by atoms with Crippen LogP contribution in [0.5, 0.6) is 0 Å². The summed E-state index contributed by atoms with van der Waals surface area (Å²) in [6.07, 6.45) is 5.93. The van der Waals surface area contributed by atoms with E-state index in [1.165, 1.54) is 19.3 Å². The first-order valence-electron chi connectivity index (χ1n) is 10.4. The molecular formula is C23H27N3O3. The van der Waals surface area contributed by atoms with Crippen LogP contribution in [0.4, 0.5) is 4.79 Å². The monoisotopic (exact) mass is 393 g/mol. The molecule has 6 nitrogen and oxygen atoms in total. The van der Waals surface area contributed by atoms with Crippen molar-refractivity contribution in [3.8, 4) is 0 Å². The largest absolute Gasteiger partial charge is 0.354 e. The highest BCUT2D eigenvalue weighted by Crippen LogP contribution is 2.31. The van der Waals surface area contributed by atoms with E-state index in [-0.39, 0.29) is 12.5 Å². The van der Waals surface area contributed by atoms with Crippen molar-refractivity contribution in [1.29, 1.82) is 0 Å². The van der Waals surface area contributed by atoms with Crippen molar-refractivity contribution in [3.63, 3.8) is 0 Å². The van der Waals surface area contributed by atoms with E-state index in [0.29, 0.717) is 18.0 Å². The van der Waals surface area contributed by atoms with Crippen molar-refractivity contribution in [2.24, 2.45) is 5.92 Å². The Labute approximate surface area is 170 Å². The fourth-order valence-electron chi connectivity index (χ4n) is 4.39. The van der Waals surface area contributed by atoms with Gasteiger partial charge in [-0.05, 0) is 48.1 Å². The van der Waals surface area contributed by atoms with Crippen LogP contribution in [0.2, 0.25) is 0 Å². The molecule has 1 heterocycles. The SMILES string of the molecule is CC1(c2ccc3ccccc3c2)NC(=O)N(CC(=O)NCC2CCCCC2)C1=O.